The predicted molar refractivity (Wildman–Crippen MR) is 118 cm³/mol. The molecule has 2 amide bonds. The van der Waals surface area contributed by atoms with Crippen LogP contribution in [-0.2, 0) is 0 Å². The number of aromatic nitrogens is 4. The first-order chi connectivity index (χ1) is 14.7. The van der Waals surface area contributed by atoms with Crippen molar-refractivity contribution in [2.45, 2.75) is 6.92 Å². The summed E-state index contributed by atoms with van der Waals surface area (Å²) in [6.45, 7) is 1.97. The van der Waals surface area contributed by atoms with Gasteiger partial charge in [-0.15, -0.1) is 0 Å². The molecule has 0 bridgehead atoms. The SMILES string of the molecule is Cc1[nH]nc2nccc(-c3ccc(NC(=O)Nc4cnc5ccccc5c4)cc3)c12. The average Bonchev–Trinajstić information content (AvgIpc) is 3.15. The van der Waals surface area contributed by atoms with Gasteiger partial charge < -0.3 is 10.6 Å². The van der Waals surface area contributed by atoms with Crippen molar-refractivity contribution in [2.24, 2.45) is 0 Å². The molecule has 146 valence electrons. The predicted octanol–water partition coefficient (Wildman–Crippen LogP) is 5.13. The zero-order valence-electron chi connectivity index (χ0n) is 16.2. The number of carbonyl (C=O) groups is 1. The van der Waals surface area contributed by atoms with Crippen LogP contribution in [0.5, 0.6) is 0 Å². The summed E-state index contributed by atoms with van der Waals surface area (Å²) in [6, 6.07) is 19.0. The molecule has 7 heteroatoms. The molecular weight excluding hydrogens is 376 g/mol. The number of para-hydroxylation sites is 1. The van der Waals surface area contributed by atoms with Gasteiger partial charge in [0.15, 0.2) is 5.65 Å². The maximum atomic E-state index is 12.4. The average molecular weight is 394 g/mol. The molecule has 0 aliphatic carbocycles. The summed E-state index contributed by atoms with van der Waals surface area (Å²) in [6.07, 6.45) is 3.39. The number of benzene rings is 2. The lowest BCUT2D eigenvalue weighted by Crippen LogP contribution is -2.19. The molecule has 3 N–H and O–H groups in total. The second-order valence-electron chi connectivity index (χ2n) is 6.98. The highest BCUT2D eigenvalue weighted by Gasteiger charge is 2.10. The van der Waals surface area contributed by atoms with Crippen molar-refractivity contribution in [3.8, 4) is 11.1 Å². The number of hydrogen-bond acceptors (Lipinski definition) is 4. The van der Waals surface area contributed by atoms with Gasteiger partial charge in [-0.05, 0) is 48.4 Å². The number of nitrogens with zero attached hydrogens (tertiary/aromatic N) is 3. The van der Waals surface area contributed by atoms with Crippen molar-refractivity contribution >= 4 is 39.3 Å². The number of rotatable bonds is 3. The molecule has 5 aromatic rings. The summed E-state index contributed by atoms with van der Waals surface area (Å²) >= 11 is 0. The second-order valence-corrected chi connectivity index (χ2v) is 6.98. The van der Waals surface area contributed by atoms with Crippen LogP contribution in [-0.4, -0.2) is 26.2 Å². The molecule has 3 aromatic heterocycles. The van der Waals surface area contributed by atoms with Crippen LogP contribution in [0.4, 0.5) is 16.2 Å². The Bertz CT molecular complexity index is 1370. The largest absolute Gasteiger partial charge is 0.323 e. The topological polar surface area (TPSA) is 95.6 Å². The number of anilines is 2. The molecule has 0 fully saturated rings. The number of nitrogens with one attached hydrogen (secondary N) is 3. The highest BCUT2D eigenvalue weighted by molar-refractivity contribution is 6.01. The molecule has 7 nitrogen and oxygen atoms in total. The molecule has 30 heavy (non-hydrogen) atoms. The van der Waals surface area contributed by atoms with Crippen LogP contribution in [0.15, 0.2) is 73.1 Å². The Kier molecular flexibility index (Phi) is 4.33. The summed E-state index contributed by atoms with van der Waals surface area (Å²) in [7, 11) is 0. The van der Waals surface area contributed by atoms with E-state index >= 15 is 0 Å². The number of aryl methyl sites for hydroxylation is 1. The van der Waals surface area contributed by atoms with Crippen LogP contribution >= 0.6 is 0 Å². The van der Waals surface area contributed by atoms with Crippen molar-refractivity contribution in [3.63, 3.8) is 0 Å². The Morgan fingerprint density at radius 2 is 1.73 bits per heavy atom. The molecule has 0 saturated carbocycles. The number of amides is 2. The maximum absolute atomic E-state index is 12.4. The van der Waals surface area contributed by atoms with Crippen molar-refractivity contribution < 1.29 is 4.79 Å². The molecule has 5 rings (SSSR count). The molecule has 0 aliphatic heterocycles. The number of aromatic amines is 1. The molecule has 3 heterocycles. The van der Waals surface area contributed by atoms with Gasteiger partial charge >= 0.3 is 6.03 Å². The van der Waals surface area contributed by atoms with Gasteiger partial charge in [0.1, 0.15) is 0 Å². The summed E-state index contributed by atoms with van der Waals surface area (Å²) < 4.78 is 0. The molecule has 0 atom stereocenters. The Balaban J connectivity index is 1.33. The summed E-state index contributed by atoms with van der Waals surface area (Å²) in [5, 5.41) is 14.8. The zero-order valence-corrected chi connectivity index (χ0v) is 16.2. The van der Waals surface area contributed by atoms with Gasteiger partial charge in [0, 0.05) is 28.4 Å². The lowest BCUT2D eigenvalue weighted by Gasteiger charge is -2.09. The van der Waals surface area contributed by atoms with Crippen LogP contribution in [0, 0.1) is 6.92 Å². The van der Waals surface area contributed by atoms with E-state index < -0.39 is 0 Å². The van der Waals surface area contributed by atoms with Crippen molar-refractivity contribution in [2.75, 3.05) is 10.6 Å². The monoisotopic (exact) mass is 394 g/mol. The zero-order chi connectivity index (χ0) is 20.5. The Morgan fingerprint density at radius 3 is 2.60 bits per heavy atom. The molecule has 0 aliphatic rings. The number of pyridine rings is 2. The van der Waals surface area contributed by atoms with Gasteiger partial charge in [0.25, 0.3) is 0 Å². The number of urea groups is 1. The Hall–Kier alpha value is -4.26. The Morgan fingerprint density at radius 1 is 0.933 bits per heavy atom. The van der Waals surface area contributed by atoms with Gasteiger partial charge in [-0.2, -0.15) is 5.10 Å². The minimum absolute atomic E-state index is 0.322. The van der Waals surface area contributed by atoms with E-state index in [9.17, 15) is 4.79 Å². The second kappa shape index (κ2) is 7.29. The van der Waals surface area contributed by atoms with E-state index in [4.69, 9.17) is 0 Å². The normalized spacial score (nSPS) is 11.0. The van der Waals surface area contributed by atoms with Crippen molar-refractivity contribution in [1.82, 2.24) is 20.2 Å². The van der Waals surface area contributed by atoms with E-state index in [2.05, 4.69) is 30.8 Å². The molecule has 0 spiro atoms. The van der Waals surface area contributed by atoms with E-state index in [-0.39, 0.29) is 6.03 Å². The third kappa shape index (κ3) is 3.33. The van der Waals surface area contributed by atoms with E-state index in [0.29, 0.717) is 17.0 Å². The Labute approximate surface area is 172 Å². The summed E-state index contributed by atoms with van der Waals surface area (Å²) in [5.74, 6) is 0. The van der Waals surface area contributed by atoms with Gasteiger partial charge in [0.05, 0.1) is 17.4 Å². The number of hydrogen-bond donors (Lipinski definition) is 3. The summed E-state index contributed by atoms with van der Waals surface area (Å²) in [5.41, 5.74) is 5.95. The van der Waals surface area contributed by atoms with E-state index in [0.717, 1.165) is 33.1 Å². The van der Waals surface area contributed by atoms with Gasteiger partial charge in [-0.25, -0.2) is 9.78 Å². The lowest BCUT2D eigenvalue weighted by atomic mass is 10.0. The highest BCUT2D eigenvalue weighted by atomic mass is 16.2. The molecule has 0 radical (unpaired) electrons. The third-order valence-electron chi connectivity index (χ3n) is 4.94. The first-order valence-electron chi connectivity index (χ1n) is 9.50. The van der Waals surface area contributed by atoms with Crippen LogP contribution < -0.4 is 10.6 Å². The van der Waals surface area contributed by atoms with Crippen LogP contribution in [0.1, 0.15) is 5.69 Å². The fourth-order valence-corrected chi connectivity index (χ4v) is 3.50. The number of carbonyl (C=O) groups excluding carboxylic acids is 1. The van der Waals surface area contributed by atoms with Crippen molar-refractivity contribution in [3.05, 3.63) is 78.8 Å². The third-order valence-corrected chi connectivity index (χ3v) is 4.94. The molecule has 2 aromatic carbocycles. The maximum Gasteiger partial charge on any atom is 0.323 e. The number of H-pyrrole nitrogens is 1. The minimum Gasteiger partial charge on any atom is -0.308 e. The quantitative estimate of drug-likeness (QED) is 0.395. The fraction of sp³-hybridized carbons (Fsp3) is 0.0435. The van der Waals surface area contributed by atoms with E-state index in [1.54, 1.807) is 12.4 Å². The first kappa shape index (κ1) is 17.8. The van der Waals surface area contributed by atoms with Gasteiger partial charge in [-0.1, -0.05) is 30.3 Å². The highest BCUT2D eigenvalue weighted by Crippen LogP contribution is 2.29. The van der Waals surface area contributed by atoms with Gasteiger partial charge in [-0.3, -0.25) is 10.1 Å². The van der Waals surface area contributed by atoms with Crippen LogP contribution in [0.2, 0.25) is 0 Å². The fourth-order valence-electron chi connectivity index (χ4n) is 3.50. The van der Waals surface area contributed by atoms with Crippen LogP contribution in [0.25, 0.3) is 33.1 Å². The molecule has 0 saturated heterocycles. The van der Waals surface area contributed by atoms with Crippen molar-refractivity contribution in [1.29, 1.82) is 0 Å². The molecule has 0 unspecified atom stereocenters. The molecular formula is C23H18N6O. The van der Waals surface area contributed by atoms with Gasteiger partial charge in [0.2, 0.25) is 0 Å². The number of fused-ring (bicyclic) bond motifs is 2. The minimum atomic E-state index is -0.322. The van der Waals surface area contributed by atoms with E-state index in [1.807, 2.05) is 67.6 Å². The lowest BCUT2D eigenvalue weighted by molar-refractivity contribution is 0.262. The summed E-state index contributed by atoms with van der Waals surface area (Å²) in [4.78, 5) is 21.0. The smallest absolute Gasteiger partial charge is 0.308 e. The standard InChI is InChI=1S/C23H18N6O/c1-14-21-19(10-11-24-22(21)29-28-14)15-6-8-17(9-7-15)26-23(30)27-18-12-16-4-2-3-5-20(16)25-13-18/h2-13H,1H3,(H,24,28,29)(H2,26,27,30). The first-order valence-corrected chi connectivity index (χ1v) is 9.50. The van der Waals surface area contributed by atoms with E-state index in [1.165, 1.54) is 0 Å². The van der Waals surface area contributed by atoms with Crippen LogP contribution in [0.3, 0.4) is 0 Å².